The molecule has 0 aromatic carbocycles. The molecule has 0 aromatic rings. The van der Waals surface area contributed by atoms with E-state index in [1.54, 1.807) is 26.8 Å². The lowest BCUT2D eigenvalue weighted by molar-refractivity contribution is -0.327. The van der Waals surface area contributed by atoms with Gasteiger partial charge in [-0.3, -0.25) is 9.59 Å². The van der Waals surface area contributed by atoms with Crippen LogP contribution in [-0.4, -0.2) is 178 Å². The van der Waals surface area contributed by atoms with Crippen molar-refractivity contribution in [2.45, 2.75) is 127 Å². The van der Waals surface area contributed by atoms with Crippen molar-refractivity contribution in [2.24, 2.45) is 35.5 Å². The van der Waals surface area contributed by atoms with Crippen LogP contribution in [0.1, 0.15) is 47.0 Å². The van der Waals surface area contributed by atoms with Gasteiger partial charge in [-0.05, 0) is 32.1 Å². The second-order valence-corrected chi connectivity index (χ2v) is 17.1. The van der Waals surface area contributed by atoms with E-state index >= 15 is 0 Å². The third-order valence-electron chi connectivity index (χ3n) is 13.1. The lowest BCUT2D eigenvalue weighted by Gasteiger charge is -2.42. The first-order valence-corrected chi connectivity index (χ1v) is 21.5. The molecule has 364 valence electrons. The van der Waals surface area contributed by atoms with Crippen LogP contribution in [0.25, 0.3) is 0 Å². The lowest BCUT2D eigenvalue weighted by Crippen LogP contribution is -2.60. The van der Waals surface area contributed by atoms with Crippen molar-refractivity contribution in [1.82, 2.24) is 0 Å². The minimum Gasteiger partial charge on any atom is -0.468 e. The summed E-state index contributed by atoms with van der Waals surface area (Å²) < 4.78 is 56.9. The van der Waals surface area contributed by atoms with Crippen LogP contribution in [0.5, 0.6) is 0 Å². The summed E-state index contributed by atoms with van der Waals surface area (Å²) in [6, 6.07) is 0. The molecular formula is C43H60O22. The van der Waals surface area contributed by atoms with Crippen molar-refractivity contribution in [1.29, 1.82) is 0 Å². The predicted octanol–water partition coefficient (Wildman–Crippen LogP) is -1.90. The molecule has 0 aromatic heterocycles. The molecule has 4 fully saturated rings. The quantitative estimate of drug-likeness (QED) is 0.0674. The highest BCUT2D eigenvalue weighted by Crippen LogP contribution is 2.45. The minimum absolute atomic E-state index is 0.0460. The Hall–Kier alpha value is -4.04. The number of carbonyl (C=O) groups excluding carboxylic acids is 4. The predicted molar refractivity (Wildman–Crippen MR) is 213 cm³/mol. The molecule has 22 heteroatoms. The Morgan fingerprint density at radius 2 is 1.32 bits per heavy atom. The van der Waals surface area contributed by atoms with Gasteiger partial charge < -0.3 is 88.2 Å². The van der Waals surface area contributed by atoms with Gasteiger partial charge in [0.2, 0.25) is 12.6 Å². The molecular weight excluding hydrogens is 868 g/mol. The van der Waals surface area contributed by atoms with Crippen LogP contribution in [0.15, 0.2) is 47.0 Å². The van der Waals surface area contributed by atoms with E-state index in [-0.39, 0.29) is 53.8 Å². The maximum absolute atomic E-state index is 14.0. The zero-order valence-corrected chi connectivity index (χ0v) is 36.5. The molecule has 0 unspecified atom stereocenters. The van der Waals surface area contributed by atoms with Crippen molar-refractivity contribution >= 4 is 23.9 Å². The van der Waals surface area contributed by atoms with Crippen LogP contribution in [-0.2, 0) is 66.5 Å². The molecule has 1 aliphatic carbocycles. The first-order valence-electron chi connectivity index (χ1n) is 21.5. The monoisotopic (exact) mass is 928 g/mol. The summed E-state index contributed by atoms with van der Waals surface area (Å²) in [7, 11) is 1.14. The molecule has 6 rings (SSSR count). The maximum Gasteiger partial charge on any atom is 0.337 e. The highest BCUT2D eigenvalue weighted by molar-refractivity contribution is 5.91. The van der Waals surface area contributed by atoms with Gasteiger partial charge in [0.05, 0.1) is 70.0 Å². The Kier molecular flexibility index (Phi) is 16.8. The van der Waals surface area contributed by atoms with Crippen LogP contribution in [0.3, 0.4) is 0 Å². The number of hydrogen-bond acceptors (Lipinski definition) is 22. The zero-order chi connectivity index (χ0) is 47.4. The summed E-state index contributed by atoms with van der Waals surface area (Å²) in [5.74, 6) is -6.59. The van der Waals surface area contributed by atoms with Crippen molar-refractivity contribution in [2.75, 3.05) is 33.5 Å². The molecule has 3 saturated heterocycles. The SMILES string of the molecule is C/C=C1/[C@H](O[C@@H]2O[C@H](CO)[C@@H](O)[C@H](O)[C@H]2O)OC=C(C(=O)OC)[C@H]1CC(=O)O[C@H]1C[C@H](C)[C@H]2COC(=O)C[C@@H]3C(=CO[C@@H](O[C@@H]4O[C@H](CO)[C@@H](O)[C@H](O)[C@H]4O)/C3=C/C)C(=O)OC[C@H](C)[C@H]21. The number of cyclic esters (lactones) is 2. The van der Waals surface area contributed by atoms with E-state index in [4.69, 9.17) is 47.4 Å². The molecule has 65 heavy (non-hydrogen) atoms. The van der Waals surface area contributed by atoms with Crippen LogP contribution in [0.4, 0.5) is 0 Å². The van der Waals surface area contributed by atoms with Crippen molar-refractivity contribution < 1.29 is 107 Å². The number of carbonyl (C=O) groups is 4. The van der Waals surface area contributed by atoms with Crippen LogP contribution < -0.4 is 0 Å². The number of fused-ring (bicyclic) bond motifs is 2. The molecule has 19 atom stereocenters. The van der Waals surface area contributed by atoms with E-state index in [1.165, 1.54) is 6.08 Å². The van der Waals surface area contributed by atoms with E-state index in [9.17, 15) is 60.0 Å². The number of methoxy groups -OCH3 is 1. The first kappa shape index (κ1) is 50.4. The number of rotatable bonds is 10. The first-order chi connectivity index (χ1) is 31.0. The summed E-state index contributed by atoms with van der Waals surface area (Å²) in [6.45, 7) is 5.28. The minimum atomic E-state index is -1.77. The van der Waals surface area contributed by atoms with E-state index in [0.29, 0.717) is 6.42 Å². The Labute approximate surface area is 373 Å². The smallest absolute Gasteiger partial charge is 0.337 e. The fraction of sp³-hybridized carbons (Fsp3) is 0.721. The standard InChI is InChI=1S/C43H60O22/c1-6-19-21-9-29(46)57-14-23-17(3)8-26(31(23)18(4)13-58-39(55)25(21)16-60-40(19)64-42-36(52)34(50)32(48)27(11-44)62-42)61-30(47)10-22-20(7-2)41(59-15-24(22)38(54)56-5)65-43-37(53)35(51)33(49)28(12-45)63-43/h6-7,15-18,21-23,26-28,31-37,40-45,48-53H,8-14H2,1-5H3/b19-6+,20-7+/t17-,18-,21-,22-,23+,26-,27+,28+,31+,32+,33+,34-,35-,36+,37+,40-,41-,42-,43-/m0/s1. The second-order valence-electron chi connectivity index (χ2n) is 17.1. The summed E-state index contributed by atoms with van der Waals surface area (Å²) in [5, 5.41) is 81.5. The Morgan fingerprint density at radius 1 is 0.754 bits per heavy atom. The van der Waals surface area contributed by atoms with Crippen LogP contribution in [0.2, 0.25) is 0 Å². The summed E-state index contributed by atoms with van der Waals surface area (Å²) in [5.41, 5.74) is 0.384. The average Bonchev–Trinajstić information content (AvgIpc) is 3.60. The summed E-state index contributed by atoms with van der Waals surface area (Å²) >= 11 is 0. The van der Waals surface area contributed by atoms with Gasteiger partial charge in [0.25, 0.3) is 0 Å². The average molecular weight is 929 g/mol. The van der Waals surface area contributed by atoms with Gasteiger partial charge in [-0.15, -0.1) is 0 Å². The number of aliphatic hydroxyl groups is 8. The second kappa shape index (κ2) is 21.7. The molecule has 6 aliphatic rings. The van der Waals surface area contributed by atoms with Crippen LogP contribution in [0, 0.1) is 35.5 Å². The fourth-order valence-electron chi connectivity index (χ4n) is 9.48. The van der Waals surface area contributed by atoms with Gasteiger partial charge in [0, 0.05) is 34.8 Å². The molecule has 0 amide bonds. The number of esters is 4. The number of hydrogen-bond donors (Lipinski definition) is 8. The maximum atomic E-state index is 14.0. The number of ether oxygens (including phenoxy) is 10. The highest BCUT2D eigenvalue weighted by Gasteiger charge is 2.51. The van der Waals surface area contributed by atoms with E-state index in [2.05, 4.69) is 0 Å². The fourth-order valence-corrected chi connectivity index (χ4v) is 9.48. The molecule has 0 bridgehead atoms. The molecule has 0 radical (unpaired) electrons. The molecule has 8 N–H and O–H groups in total. The van der Waals surface area contributed by atoms with Gasteiger partial charge in [0.1, 0.15) is 54.9 Å². The van der Waals surface area contributed by atoms with Crippen molar-refractivity contribution in [3.8, 4) is 0 Å². The molecule has 0 spiro atoms. The van der Waals surface area contributed by atoms with E-state index < -0.39 is 147 Å². The highest BCUT2D eigenvalue weighted by atomic mass is 16.8. The third-order valence-corrected chi connectivity index (χ3v) is 13.1. The third kappa shape index (κ3) is 10.6. The van der Waals surface area contributed by atoms with Crippen LogP contribution >= 0.6 is 0 Å². The zero-order valence-electron chi connectivity index (χ0n) is 36.5. The topological polar surface area (TPSA) is 322 Å². The molecule has 22 nitrogen and oxygen atoms in total. The molecule has 5 aliphatic heterocycles. The Morgan fingerprint density at radius 3 is 1.88 bits per heavy atom. The van der Waals surface area contributed by atoms with Gasteiger partial charge in [-0.1, -0.05) is 26.0 Å². The normalized spacial score (nSPS) is 42.6. The van der Waals surface area contributed by atoms with Crippen molar-refractivity contribution in [3.05, 3.63) is 47.0 Å². The number of allylic oxidation sites excluding steroid dienone is 2. The largest absolute Gasteiger partial charge is 0.468 e. The number of aliphatic hydroxyl groups excluding tert-OH is 8. The van der Waals surface area contributed by atoms with Gasteiger partial charge >= 0.3 is 23.9 Å². The Balaban J connectivity index is 1.16. The van der Waals surface area contributed by atoms with Gasteiger partial charge in [-0.2, -0.15) is 0 Å². The lowest BCUT2D eigenvalue weighted by atomic mass is 9.81. The van der Waals surface area contributed by atoms with E-state index in [1.807, 2.05) is 6.92 Å². The van der Waals surface area contributed by atoms with Gasteiger partial charge in [-0.25, -0.2) is 9.59 Å². The van der Waals surface area contributed by atoms with Crippen molar-refractivity contribution in [3.63, 3.8) is 0 Å². The molecule has 5 heterocycles. The Bertz CT molecular complexity index is 1840. The molecule has 1 saturated carbocycles. The van der Waals surface area contributed by atoms with Gasteiger partial charge in [0.15, 0.2) is 12.6 Å². The van der Waals surface area contributed by atoms with E-state index in [0.717, 1.165) is 19.6 Å². The summed E-state index contributed by atoms with van der Waals surface area (Å²) in [4.78, 5) is 54.3. The summed E-state index contributed by atoms with van der Waals surface area (Å²) in [6.07, 6.45) is -14.8.